The van der Waals surface area contributed by atoms with E-state index in [2.05, 4.69) is 14.9 Å². The van der Waals surface area contributed by atoms with Gasteiger partial charge in [0.05, 0.1) is 6.54 Å². The van der Waals surface area contributed by atoms with E-state index in [4.69, 9.17) is 5.26 Å². The van der Waals surface area contributed by atoms with Gasteiger partial charge in [-0.2, -0.15) is 5.26 Å². The van der Waals surface area contributed by atoms with E-state index in [1.54, 1.807) is 10.6 Å². The Hall–Kier alpha value is -2.31. The highest BCUT2D eigenvalue weighted by molar-refractivity contribution is 7.89. The maximum absolute atomic E-state index is 13.5. The Bertz CT molecular complexity index is 794. The van der Waals surface area contributed by atoms with Crippen LogP contribution in [0, 0.1) is 17.1 Å². The Labute approximate surface area is 121 Å². The van der Waals surface area contributed by atoms with Gasteiger partial charge in [0.25, 0.3) is 0 Å². The minimum absolute atomic E-state index is 0.0996. The van der Waals surface area contributed by atoms with Crippen LogP contribution >= 0.6 is 0 Å². The second-order valence-corrected chi connectivity index (χ2v) is 5.82. The number of benzene rings is 1. The number of nitrogens with one attached hydrogen (secondary N) is 1. The van der Waals surface area contributed by atoms with Crippen LogP contribution in [0.2, 0.25) is 0 Å². The van der Waals surface area contributed by atoms with Crippen LogP contribution in [-0.2, 0) is 23.1 Å². The molecule has 0 aliphatic rings. The lowest BCUT2D eigenvalue weighted by Crippen LogP contribution is -2.26. The Morgan fingerprint density at radius 1 is 1.48 bits per heavy atom. The SMILES string of the molecule is CCn1cnnc1CNS(=O)(=O)c1cccc(F)c1C#N. The van der Waals surface area contributed by atoms with Gasteiger partial charge in [0.2, 0.25) is 10.0 Å². The molecule has 0 saturated carbocycles. The third-order valence-electron chi connectivity index (χ3n) is 2.83. The lowest BCUT2D eigenvalue weighted by Gasteiger charge is -2.08. The number of hydrogen-bond acceptors (Lipinski definition) is 5. The third-order valence-corrected chi connectivity index (χ3v) is 4.28. The number of hydrogen-bond donors (Lipinski definition) is 1. The number of rotatable bonds is 5. The lowest BCUT2D eigenvalue weighted by molar-refractivity contribution is 0.571. The molecule has 2 aromatic rings. The van der Waals surface area contributed by atoms with Crippen molar-refractivity contribution in [3.05, 3.63) is 41.7 Å². The molecular weight excluding hydrogens is 297 g/mol. The standard InChI is InChI=1S/C12H12FN5O2S/c1-2-18-8-15-17-12(18)7-16-21(19,20)11-5-3-4-10(13)9(11)6-14/h3-5,8,16H,2,7H2,1H3. The van der Waals surface area contributed by atoms with Gasteiger partial charge in [-0.15, -0.1) is 10.2 Å². The van der Waals surface area contributed by atoms with Gasteiger partial charge in [-0.1, -0.05) is 6.07 Å². The van der Waals surface area contributed by atoms with Crippen molar-refractivity contribution in [1.29, 1.82) is 5.26 Å². The zero-order valence-corrected chi connectivity index (χ0v) is 11.9. The fourth-order valence-electron chi connectivity index (χ4n) is 1.75. The molecule has 0 bridgehead atoms. The van der Waals surface area contributed by atoms with Crippen LogP contribution < -0.4 is 4.72 Å². The molecule has 0 saturated heterocycles. The highest BCUT2D eigenvalue weighted by atomic mass is 32.2. The minimum atomic E-state index is -4.02. The monoisotopic (exact) mass is 309 g/mol. The van der Waals surface area contributed by atoms with Crippen molar-refractivity contribution in [2.24, 2.45) is 0 Å². The predicted molar refractivity (Wildman–Crippen MR) is 70.8 cm³/mol. The molecule has 21 heavy (non-hydrogen) atoms. The molecule has 0 amide bonds. The van der Waals surface area contributed by atoms with E-state index in [0.29, 0.717) is 12.4 Å². The molecule has 0 fully saturated rings. The van der Waals surface area contributed by atoms with E-state index in [9.17, 15) is 12.8 Å². The molecule has 0 spiro atoms. The molecular formula is C12H12FN5O2S. The van der Waals surface area contributed by atoms with Gasteiger partial charge >= 0.3 is 0 Å². The Balaban J connectivity index is 2.28. The zero-order chi connectivity index (χ0) is 15.5. The van der Waals surface area contributed by atoms with Crippen molar-refractivity contribution in [2.75, 3.05) is 0 Å². The van der Waals surface area contributed by atoms with Gasteiger partial charge in [-0.3, -0.25) is 0 Å². The molecule has 7 nitrogen and oxygen atoms in total. The van der Waals surface area contributed by atoms with Gasteiger partial charge in [0.15, 0.2) is 0 Å². The summed E-state index contributed by atoms with van der Waals surface area (Å²) in [4.78, 5) is -0.396. The van der Waals surface area contributed by atoms with Crippen molar-refractivity contribution in [2.45, 2.75) is 24.9 Å². The summed E-state index contributed by atoms with van der Waals surface area (Å²) in [7, 11) is -4.02. The second kappa shape index (κ2) is 5.99. The van der Waals surface area contributed by atoms with Crippen LogP contribution in [0.15, 0.2) is 29.4 Å². The summed E-state index contributed by atoms with van der Waals surface area (Å²) in [6, 6.07) is 5.00. The Morgan fingerprint density at radius 2 is 2.24 bits per heavy atom. The first-order chi connectivity index (χ1) is 9.99. The number of nitrogens with zero attached hydrogens (tertiary/aromatic N) is 4. The van der Waals surface area contributed by atoms with Crippen molar-refractivity contribution in [3.63, 3.8) is 0 Å². The lowest BCUT2D eigenvalue weighted by atomic mass is 10.2. The first kappa shape index (κ1) is 15.1. The summed E-state index contributed by atoms with van der Waals surface area (Å²) >= 11 is 0. The zero-order valence-electron chi connectivity index (χ0n) is 11.1. The van der Waals surface area contributed by atoms with Gasteiger partial charge < -0.3 is 4.57 Å². The first-order valence-electron chi connectivity index (χ1n) is 6.04. The van der Waals surface area contributed by atoms with Gasteiger partial charge in [-0.05, 0) is 19.1 Å². The summed E-state index contributed by atoms with van der Waals surface area (Å²) in [5.41, 5.74) is -0.512. The summed E-state index contributed by atoms with van der Waals surface area (Å²) in [6.07, 6.45) is 1.48. The van der Waals surface area contributed by atoms with E-state index in [1.165, 1.54) is 18.5 Å². The molecule has 9 heteroatoms. The molecule has 0 aliphatic heterocycles. The maximum Gasteiger partial charge on any atom is 0.242 e. The molecule has 1 aromatic carbocycles. The van der Waals surface area contributed by atoms with Gasteiger partial charge in [0.1, 0.15) is 34.5 Å². The van der Waals surface area contributed by atoms with Gasteiger partial charge in [0, 0.05) is 6.54 Å². The third kappa shape index (κ3) is 3.07. The number of sulfonamides is 1. The van der Waals surface area contributed by atoms with Crippen LogP contribution in [0.5, 0.6) is 0 Å². The van der Waals surface area contributed by atoms with E-state index in [-0.39, 0.29) is 6.54 Å². The second-order valence-electron chi connectivity index (χ2n) is 4.08. The number of aromatic nitrogens is 3. The highest BCUT2D eigenvalue weighted by Crippen LogP contribution is 2.18. The largest absolute Gasteiger partial charge is 0.317 e. The van der Waals surface area contributed by atoms with Crippen LogP contribution in [0.1, 0.15) is 18.3 Å². The normalized spacial score (nSPS) is 11.3. The molecule has 110 valence electrons. The van der Waals surface area contributed by atoms with E-state index in [1.807, 2.05) is 6.92 Å². The topological polar surface area (TPSA) is 101 Å². The fraction of sp³-hybridized carbons (Fsp3) is 0.250. The summed E-state index contributed by atoms with van der Waals surface area (Å²) in [5.74, 6) is -0.451. The fourth-order valence-corrected chi connectivity index (χ4v) is 2.90. The molecule has 0 unspecified atom stereocenters. The summed E-state index contributed by atoms with van der Waals surface area (Å²) < 4.78 is 41.8. The molecule has 0 radical (unpaired) electrons. The first-order valence-corrected chi connectivity index (χ1v) is 7.53. The summed E-state index contributed by atoms with van der Waals surface area (Å²) in [6.45, 7) is 2.35. The maximum atomic E-state index is 13.5. The number of halogens is 1. The number of aryl methyl sites for hydroxylation is 1. The van der Waals surface area contributed by atoms with E-state index >= 15 is 0 Å². The van der Waals surface area contributed by atoms with Crippen LogP contribution in [-0.4, -0.2) is 23.2 Å². The van der Waals surface area contributed by atoms with Crippen LogP contribution in [0.3, 0.4) is 0 Å². The van der Waals surface area contributed by atoms with Crippen molar-refractivity contribution < 1.29 is 12.8 Å². The average molecular weight is 309 g/mol. The minimum Gasteiger partial charge on any atom is -0.317 e. The van der Waals surface area contributed by atoms with E-state index < -0.39 is 26.3 Å². The molecule has 0 aliphatic carbocycles. The number of nitriles is 1. The predicted octanol–water partition coefficient (Wildman–Crippen LogP) is 0.787. The Kier molecular flexibility index (Phi) is 4.30. The van der Waals surface area contributed by atoms with Crippen molar-refractivity contribution in [3.8, 4) is 6.07 Å². The summed E-state index contributed by atoms with van der Waals surface area (Å²) in [5, 5.41) is 16.4. The average Bonchev–Trinajstić information content (AvgIpc) is 2.92. The quantitative estimate of drug-likeness (QED) is 0.880. The molecule has 1 heterocycles. The van der Waals surface area contributed by atoms with Crippen LogP contribution in [0.25, 0.3) is 0 Å². The highest BCUT2D eigenvalue weighted by Gasteiger charge is 2.21. The van der Waals surface area contributed by atoms with Crippen molar-refractivity contribution >= 4 is 10.0 Å². The molecule has 2 rings (SSSR count). The van der Waals surface area contributed by atoms with Gasteiger partial charge in [-0.25, -0.2) is 17.5 Å². The van der Waals surface area contributed by atoms with Crippen molar-refractivity contribution in [1.82, 2.24) is 19.5 Å². The molecule has 1 N–H and O–H groups in total. The Morgan fingerprint density at radius 3 is 2.90 bits per heavy atom. The van der Waals surface area contributed by atoms with Crippen LogP contribution in [0.4, 0.5) is 4.39 Å². The van der Waals surface area contributed by atoms with E-state index in [0.717, 1.165) is 6.07 Å². The smallest absolute Gasteiger partial charge is 0.242 e. The molecule has 1 aromatic heterocycles. The molecule has 0 atom stereocenters.